The van der Waals surface area contributed by atoms with Crippen LogP contribution in [0, 0.1) is 11.8 Å². The molecule has 1 saturated carbocycles. The van der Waals surface area contributed by atoms with E-state index >= 15 is 0 Å². The summed E-state index contributed by atoms with van der Waals surface area (Å²) in [6.45, 7) is 0.802. The number of unbranched alkanes of at least 4 members (excludes halogenated alkanes) is 1. The molecule has 7 heteroatoms. The molecule has 2 N–H and O–H groups in total. The standard InChI is InChI=1S/C21H28Cl2O5/c1-27-12-14-8-15(22)10-16(9-14)28-13-18-17(19(23)11-20(18)24)6-4-2-3-5-7-21(25)26/h2,4,8-10,17-20,24H,3,5-7,11-13H2,1H3,(H,25,26)/b4-2-/t17-,18-,19-,20-/m1/s1. The molecule has 0 spiro atoms. The summed E-state index contributed by atoms with van der Waals surface area (Å²) in [5, 5.41) is 19.5. The highest BCUT2D eigenvalue weighted by molar-refractivity contribution is 6.30. The highest BCUT2D eigenvalue weighted by Gasteiger charge is 2.41. The number of aliphatic hydroxyl groups is 1. The van der Waals surface area contributed by atoms with Crippen molar-refractivity contribution in [2.45, 2.75) is 50.2 Å². The van der Waals surface area contributed by atoms with Crippen molar-refractivity contribution in [2.24, 2.45) is 11.8 Å². The van der Waals surface area contributed by atoms with Crippen LogP contribution in [0.5, 0.6) is 5.75 Å². The Morgan fingerprint density at radius 1 is 1.29 bits per heavy atom. The van der Waals surface area contributed by atoms with Gasteiger partial charge in [0.25, 0.3) is 0 Å². The van der Waals surface area contributed by atoms with Gasteiger partial charge in [-0.1, -0.05) is 23.8 Å². The first-order chi connectivity index (χ1) is 13.4. The third-order valence-corrected chi connectivity index (χ3v) is 5.72. The molecule has 0 saturated heterocycles. The number of methoxy groups -OCH3 is 1. The average Bonchev–Trinajstić information content (AvgIpc) is 2.88. The largest absolute Gasteiger partial charge is 0.493 e. The Labute approximate surface area is 176 Å². The molecule has 4 atom stereocenters. The maximum absolute atomic E-state index is 10.5. The van der Waals surface area contributed by atoms with Gasteiger partial charge < -0.3 is 19.7 Å². The third kappa shape index (κ3) is 7.28. The zero-order chi connectivity index (χ0) is 20.5. The Kier molecular flexibility index (Phi) is 9.59. The van der Waals surface area contributed by atoms with Gasteiger partial charge in [0.1, 0.15) is 5.75 Å². The Hall–Kier alpha value is -1.27. The lowest BCUT2D eigenvalue weighted by Gasteiger charge is -2.23. The number of hydrogen-bond acceptors (Lipinski definition) is 4. The number of halogens is 2. The molecule has 1 fully saturated rings. The lowest BCUT2D eigenvalue weighted by molar-refractivity contribution is -0.137. The van der Waals surface area contributed by atoms with Crippen molar-refractivity contribution in [2.75, 3.05) is 13.7 Å². The molecule has 1 aliphatic rings. The van der Waals surface area contributed by atoms with E-state index in [4.69, 9.17) is 37.8 Å². The van der Waals surface area contributed by atoms with Crippen molar-refractivity contribution in [3.63, 3.8) is 0 Å². The first kappa shape index (κ1) is 23.0. The fourth-order valence-electron chi connectivity index (χ4n) is 3.58. The van der Waals surface area contributed by atoms with E-state index in [-0.39, 0.29) is 23.6 Å². The molecule has 0 bridgehead atoms. The van der Waals surface area contributed by atoms with Crippen LogP contribution in [0.25, 0.3) is 0 Å². The van der Waals surface area contributed by atoms with Crippen LogP contribution >= 0.6 is 23.2 Å². The smallest absolute Gasteiger partial charge is 0.303 e. The number of hydrogen-bond donors (Lipinski definition) is 2. The van der Waals surface area contributed by atoms with Crippen molar-refractivity contribution >= 4 is 29.2 Å². The summed E-state index contributed by atoms with van der Waals surface area (Å²) in [5.74, 6) is -0.103. The lowest BCUT2D eigenvalue weighted by atomic mass is 9.92. The van der Waals surface area contributed by atoms with Gasteiger partial charge in [-0.25, -0.2) is 0 Å². The van der Waals surface area contributed by atoms with Gasteiger partial charge in [0.15, 0.2) is 0 Å². The number of allylic oxidation sites excluding steroid dienone is 2. The summed E-state index contributed by atoms with van der Waals surface area (Å²) < 4.78 is 11.1. The van der Waals surface area contributed by atoms with E-state index in [1.165, 1.54) is 0 Å². The number of carboxylic acids is 1. The predicted molar refractivity (Wildman–Crippen MR) is 110 cm³/mol. The SMILES string of the molecule is COCc1cc(Cl)cc(OC[C@@H]2[C@@H](C/C=C\CCCC(=O)O)[C@H](Cl)C[C@H]2O)c1. The third-order valence-electron chi connectivity index (χ3n) is 5.00. The fourth-order valence-corrected chi connectivity index (χ4v) is 4.30. The predicted octanol–water partition coefficient (Wildman–Crippen LogP) is 4.67. The molecule has 2 rings (SSSR count). The van der Waals surface area contributed by atoms with Crippen molar-refractivity contribution in [1.29, 1.82) is 0 Å². The number of rotatable bonds is 11. The summed E-state index contributed by atoms with van der Waals surface area (Å²) in [4.78, 5) is 10.5. The van der Waals surface area contributed by atoms with E-state index in [2.05, 4.69) is 0 Å². The quantitative estimate of drug-likeness (QED) is 0.303. The molecule has 0 unspecified atom stereocenters. The van der Waals surface area contributed by atoms with Crippen LogP contribution in [0.2, 0.25) is 5.02 Å². The second-order valence-electron chi connectivity index (χ2n) is 7.18. The number of carbonyl (C=O) groups is 1. The molecule has 28 heavy (non-hydrogen) atoms. The van der Waals surface area contributed by atoms with Crippen LogP contribution in [0.3, 0.4) is 0 Å². The molecule has 0 aromatic heterocycles. The van der Waals surface area contributed by atoms with E-state index in [1.54, 1.807) is 13.2 Å². The van der Waals surface area contributed by atoms with Crippen molar-refractivity contribution < 1.29 is 24.5 Å². The van der Waals surface area contributed by atoms with Crippen molar-refractivity contribution in [3.05, 3.63) is 40.9 Å². The first-order valence-corrected chi connectivity index (χ1v) is 10.3. The summed E-state index contributed by atoms with van der Waals surface area (Å²) >= 11 is 12.6. The molecule has 1 aromatic rings. The molecule has 1 aliphatic carbocycles. The van der Waals surface area contributed by atoms with Gasteiger partial charge in [-0.05, 0) is 55.4 Å². The second kappa shape index (κ2) is 11.7. The maximum atomic E-state index is 10.5. The molecule has 0 amide bonds. The summed E-state index contributed by atoms with van der Waals surface area (Å²) in [6, 6.07) is 5.46. The lowest BCUT2D eigenvalue weighted by Crippen LogP contribution is -2.27. The first-order valence-electron chi connectivity index (χ1n) is 9.50. The van der Waals surface area contributed by atoms with Gasteiger partial charge in [-0.15, -0.1) is 11.6 Å². The summed E-state index contributed by atoms with van der Waals surface area (Å²) in [6.07, 6.45) is 6.30. The van der Waals surface area contributed by atoms with Crippen molar-refractivity contribution in [3.8, 4) is 5.75 Å². The van der Waals surface area contributed by atoms with Crippen LogP contribution in [0.4, 0.5) is 0 Å². The Morgan fingerprint density at radius 3 is 2.79 bits per heavy atom. The number of alkyl halides is 1. The minimum absolute atomic E-state index is 0.0731. The number of aliphatic carboxylic acids is 1. The molecule has 5 nitrogen and oxygen atoms in total. The van der Waals surface area contributed by atoms with Crippen molar-refractivity contribution in [1.82, 2.24) is 0 Å². The van der Waals surface area contributed by atoms with Crippen LogP contribution in [0.1, 0.15) is 37.7 Å². The van der Waals surface area contributed by atoms with Crippen LogP contribution < -0.4 is 4.74 Å². The van der Waals surface area contributed by atoms with E-state index in [9.17, 15) is 9.90 Å². The van der Waals surface area contributed by atoms with Gasteiger partial charge >= 0.3 is 5.97 Å². The molecule has 0 radical (unpaired) electrons. The molecule has 156 valence electrons. The van der Waals surface area contributed by atoms with Crippen LogP contribution in [-0.4, -0.2) is 41.4 Å². The molecular formula is C21H28Cl2O5. The Balaban J connectivity index is 1.91. The van der Waals surface area contributed by atoms with E-state index in [0.29, 0.717) is 36.8 Å². The topological polar surface area (TPSA) is 76.0 Å². The second-order valence-corrected chi connectivity index (χ2v) is 8.18. The average molecular weight is 431 g/mol. The van der Waals surface area contributed by atoms with Gasteiger partial charge in [0.2, 0.25) is 0 Å². The number of aliphatic hydroxyl groups excluding tert-OH is 1. The minimum atomic E-state index is -0.778. The number of carboxylic acid groups (broad SMARTS) is 1. The minimum Gasteiger partial charge on any atom is -0.493 e. The van der Waals surface area contributed by atoms with E-state index < -0.39 is 12.1 Å². The van der Waals surface area contributed by atoms with Gasteiger partial charge in [-0.2, -0.15) is 0 Å². The Morgan fingerprint density at radius 2 is 2.07 bits per heavy atom. The van der Waals surface area contributed by atoms with Crippen LogP contribution in [0.15, 0.2) is 30.4 Å². The zero-order valence-electron chi connectivity index (χ0n) is 16.0. The van der Waals surface area contributed by atoms with Crippen LogP contribution in [-0.2, 0) is 16.1 Å². The highest BCUT2D eigenvalue weighted by Crippen LogP contribution is 2.39. The molecule has 0 heterocycles. The van der Waals surface area contributed by atoms with Gasteiger partial charge in [0, 0.05) is 29.8 Å². The maximum Gasteiger partial charge on any atom is 0.303 e. The number of ether oxygens (including phenoxy) is 2. The summed E-state index contributed by atoms with van der Waals surface area (Å²) in [7, 11) is 1.62. The normalized spacial score (nSPS) is 24.7. The zero-order valence-corrected chi connectivity index (χ0v) is 17.5. The number of benzene rings is 1. The molecular weight excluding hydrogens is 403 g/mol. The molecule has 1 aromatic carbocycles. The highest BCUT2D eigenvalue weighted by atomic mass is 35.5. The van der Waals surface area contributed by atoms with E-state index in [0.717, 1.165) is 18.4 Å². The van der Waals surface area contributed by atoms with Gasteiger partial charge in [0.05, 0.1) is 19.3 Å². The monoisotopic (exact) mass is 430 g/mol. The Bertz CT molecular complexity index is 664. The molecule has 0 aliphatic heterocycles. The van der Waals surface area contributed by atoms with Gasteiger partial charge in [-0.3, -0.25) is 4.79 Å². The summed E-state index contributed by atoms with van der Waals surface area (Å²) in [5.41, 5.74) is 0.924. The fraction of sp³-hybridized carbons (Fsp3) is 0.571. The van der Waals surface area contributed by atoms with E-state index in [1.807, 2.05) is 24.3 Å².